The molecule has 1 saturated carbocycles. The minimum atomic E-state index is -0.609. The number of hydrogen-bond acceptors (Lipinski definition) is 3. The van der Waals surface area contributed by atoms with Crippen LogP contribution in [0.4, 0.5) is 0 Å². The molecule has 2 nitrogen and oxygen atoms in total. The summed E-state index contributed by atoms with van der Waals surface area (Å²) in [6, 6.07) is 2.22. The van der Waals surface area contributed by atoms with Crippen LogP contribution in [0.2, 0.25) is 0 Å². The minimum absolute atomic E-state index is 0.173. The van der Waals surface area contributed by atoms with Crippen molar-refractivity contribution >= 4 is 17.5 Å². The molecule has 0 heterocycles. The van der Waals surface area contributed by atoms with Gasteiger partial charge in [-0.15, -0.1) is 0 Å². The van der Waals surface area contributed by atoms with Gasteiger partial charge in [0.05, 0.1) is 6.07 Å². The van der Waals surface area contributed by atoms with E-state index in [2.05, 4.69) is 13.0 Å². The molecular formula is C10H15NOS. The van der Waals surface area contributed by atoms with E-state index in [1.54, 1.807) is 0 Å². The third-order valence-corrected chi connectivity index (χ3v) is 3.53. The first-order valence-corrected chi connectivity index (χ1v) is 5.93. The van der Waals surface area contributed by atoms with Crippen molar-refractivity contribution in [2.45, 2.75) is 32.6 Å². The molecule has 0 aromatic carbocycles. The molecule has 1 rings (SSSR count). The standard InChI is InChI=1S/C10H15NOS/c1-2-13-7-6-10(8-11)5-3-4-9(10)12/h2-7H2,1H3. The minimum Gasteiger partial charge on any atom is -0.298 e. The highest BCUT2D eigenvalue weighted by atomic mass is 32.2. The molecule has 0 aliphatic heterocycles. The number of Topliss-reactive ketones (excluding diaryl/α,β-unsaturated/α-hetero) is 1. The van der Waals surface area contributed by atoms with E-state index in [4.69, 9.17) is 5.26 Å². The Bertz CT molecular complexity index is 234. The lowest BCUT2D eigenvalue weighted by Gasteiger charge is -2.17. The van der Waals surface area contributed by atoms with Crippen LogP contribution < -0.4 is 0 Å². The molecule has 1 aliphatic rings. The van der Waals surface area contributed by atoms with E-state index >= 15 is 0 Å². The highest BCUT2D eigenvalue weighted by Gasteiger charge is 2.41. The number of thioether (sulfide) groups is 1. The Balaban J connectivity index is 2.51. The van der Waals surface area contributed by atoms with Gasteiger partial charge in [-0.2, -0.15) is 17.0 Å². The second kappa shape index (κ2) is 4.66. The van der Waals surface area contributed by atoms with Crippen LogP contribution >= 0.6 is 11.8 Å². The Labute approximate surface area is 83.7 Å². The molecule has 72 valence electrons. The second-order valence-electron chi connectivity index (χ2n) is 3.42. The molecule has 1 unspecified atom stereocenters. The fourth-order valence-electron chi connectivity index (χ4n) is 1.76. The van der Waals surface area contributed by atoms with E-state index in [1.165, 1.54) is 0 Å². The second-order valence-corrected chi connectivity index (χ2v) is 4.81. The van der Waals surface area contributed by atoms with Crippen LogP contribution in [-0.4, -0.2) is 17.3 Å². The number of carbonyl (C=O) groups excluding carboxylic acids is 1. The van der Waals surface area contributed by atoms with E-state index in [-0.39, 0.29) is 5.78 Å². The summed E-state index contributed by atoms with van der Waals surface area (Å²) in [6.07, 6.45) is 3.06. The Morgan fingerprint density at radius 3 is 2.92 bits per heavy atom. The topological polar surface area (TPSA) is 40.9 Å². The maximum Gasteiger partial charge on any atom is 0.153 e. The molecule has 1 aliphatic carbocycles. The summed E-state index contributed by atoms with van der Waals surface area (Å²) in [5.41, 5.74) is -0.609. The number of hydrogen-bond donors (Lipinski definition) is 0. The third-order valence-electron chi connectivity index (χ3n) is 2.63. The fourth-order valence-corrected chi connectivity index (χ4v) is 2.54. The van der Waals surface area contributed by atoms with Gasteiger partial charge in [0.15, 0.2) is 5.78 Å². The molecule has 0 spiro atoms. The number of rotatable bonds is 4. The molecule has 0 aromatic rings. The molecular weight excluding hydrogens is 182 g/mol. The lowest BCUT2D eigenvalue weighted by atomic mass is 9.84. The van der Waals surface area contributed by atoms with Crippen LogP contribution in [0.25, 0.3) is 0 Å². The summed E-state index contributed by atoms with van der Waals surface area (Å²) < 4.78 is 0. The zero-order valence-electron chi connectivity index (χ0n) is 8.01. The Hall–Kier alpha value is -0.490. The number of ketones is 1. The molecule has 0 bridgehead atoms. The molecule has 0 N–H and O–H groups in total. The van der Waals surface area contributed by atoms with Crippen molar-refractivity contribution in [2.24, 2.45) is 5.41 Å². The van der Waals surface area contributed by atoms with Crippen molar-refractivity contribution < 1.29 is 4.79 Å². The van der Waals surface area contributed by atoms with Crippen molar-refractivity contribution in [3.05, 3.63) is 0 Å². The van der Waals surface area contributed by atoms with Gasteiger partial charge < -0.3 is 0 Å². The molecule has 3 heteroatoms. The van der Waals surface area contributed by atoms with Crippen molar-refractivity contribution in [3.63, 3.8) is 0 Å². The van der Waals surface area contributed by atoms with Gasteiger partial charge in [0.2, 0.25) is 0 Å². The van der Waals surface area contributed by atoms with Gasteiger partial charge >= 0.3 is 0 Å². The van der Waals surface area contributed by atoms with Crippen molar-refractivity contribution in [2.75, 3.05) is 11.5 Å². The number of nitriles is 1. The molecule has 1 fully saturated rings. The Kier molecular flexibility index (Phi) is 3.80. The number of carbonyl (C=O) groups is 1. The summed E-state index contributed by atoms with van der Waals surface area (Å²) in [5, 5.41) is 9.01. The van der Waals surface area contributed by atoms with E-state index in [0.717, 1.165) is 30.8 Å². The monoisotopic (exact) mass is 197 g/mol. The first kappa shape index (κ1) is 10.6. The lowest BCUT2D eigenvalue weighted by molar-refractivity contribution is -0.123. The van der Waals surface area contributed by atoms with E-state index < -0.39 is 5.41 Å². The van der Waals surface area contributed by atoms with Crippen molar-refractivity contribution in [3.8, 4) is 6.07 Å². The van der Waals surface area contributed by atoms with Crippen LogP contribution in [0.1, 0.15) is 32.6 Å². The fraction of sp³-hybridized carbons (Fsp3) is 0.800. The van der Waals surface area contributed by atoms with Crippen LogP contribution in [-0.2, 0) is 4.79 Å². The van der Waals surface area contributed by atoms with Gasteiger partial charge in [0, 0.05) is 6.42 Å². The van der Waals surface area contributed by atoms with Gasteiger partial charge in [-0.05, 0) is 30.8 Å². The zero-order valence-corrected chi connectivity index (χ0v) is 8.82. The molecule has 0 radical (unpaired) electrons. The normalized spacial score (nSPS) is 27.5. The van der Waals surface area contributed by atoms with Gasteiger partial charge in [-0.1, -0.05) is 6.92 Å². The summed E-state index contributed by atoms with van der Waals surface area (Å²) in [5.74, 6) is 2.18. The maximum atomic E-state index is 11.5. The predicted octanol–water partition coefficient (Wildman–Crippen LogP) is 2.39. The average Bonchev–Trinajstić information content (AvgIpc) is 2.49. The summed E-state index contributed by atoms with van der Waals surface area (Å²) in [6.45, 7) is 2.10. The molecule has 0 aromatic heterocycles. The highest BCUT2D eigenvalue weighted by Crippen LogP contribution is 2.38. The highest BCUT2D eigenvalue weighted by molar-refractivity contribution is 7.99. The SMILES string of the molecule is CCSCCC1(C#N)CCCC1=O. The van der Waals surface area contributed by atoms with Crippen LogP contribution in [0, 0.1) is 16.7 Å². The Morgan fingerprint density at radius 1 is 1.69 bits per heavy atom. The van der Waals surface area contributed by atoms with Gasteiger partial charge in [0.25, 0.3) is 0 Å². The Morgan fingerprint density at radius 2 is 2.46 bits per heavy atom. The van der Waals surface area contributed by atoms with Gasteiger partial charge in [0.1, 0.15) is 5.41 Å². The molecule has 0 amide bonds. The summed E-state index contributed by atoms with van der Waals surface area (Å²) in [7, 11) is 0. The summed E-state index contributed by atoms with van der Waals surface area (Å²) >= 11 is 1.81. The lowest BCUT2D eigenvalue weighted by Crippen LogP contribution is -2.24. The van der Waals surface area contributed by atoms with Crippen LogP contribution in [0.3, 0.4) is 0 Å². The quantitative estimate of drug-likeness (QED) is 0.650. The molecule has 13 heavy (non-hydrogen) atoms. The van der Waals surface area contributed by atoms with Crippen LogP contribution in [0.5, 0.6) is 0 Å². The first-order valence-electron chi connectivity index (χ1n) is 4.77. The summed E-state index contributed by atoms with van der Waals surface area (Å²) in [4.78, 5) is 11.5. The average molecular weight is 197 g/mol. The van der Waals surface area contributed by atoms with Crippen molar-refractivity contribution in [1.82, 2.24) is 0 Å². The molecule has 1 atom stereocenters. The first-order chi connectivity index (χ1) is 6.25. The van der Waals surface area contributed by atoms with Gasteiger partial charge in [-0.3, -0.25) is 4.79 Å². The smallest absolute Gasteiger partial charge is 0.153 e. The van der Waals surface area contributed by atoms with Crippen molar-refractivity contribution in [1.29, 1.82) is 5.26 Å². The molecule has 0 saturated heterocycles. The maximum absolute atomic E-state index is 11.5. The largest absolute Gasteiger partial charge is 0.298 e. The number of nitrogens with zero attached hydrogens (tertiary/aromatic N) is 1. The van der Waals surface area contributed by atoms with Crippen LogP contribution in [0.15, 0.2) is 0 Å². The zero-order chi connectivity index (χ0) is 9.73. The van der Waals surface area contributed by atoms with E-state index in [1.807, 2.05) is 11.8 Å². The van der Waals surface area contributed by atoms with Gasteiger partial charge in [-0.25, -0.2) is 0 Å². The van der Waals surface area contributed by atoms with E-state index in [0.29, 0.717) is 6.42 Å². The van der Waals surface area contributed by atoms with E-state index in [9.17, 15) is 4.79 Å². The predicted molar refractivity (Wildman–Crippen MR) is 54.5 cm³/mol. The third kappa shape index (κ3) is 2.25.